The molecule has 1 aliphatic heterocycles. The van der Waals surface area contributed by atoms with Crippen molar-refractivity contribution in [2.24, 2.45) is 0 Å². The number of amides is 1. The lowest BCUT2D eigenvalue weighted by Crippen LogP contribution is -2.42. The quantitative estimate of drug-likeness (QED) is 0.342. The van der Waals surface area contributed by atoms with Crippen LogP contribution in [0, 0.1) is 13.8 Å². The van der Waals surface area contributed by atoms with Crippen LogP contribution < -0.4 is 14.4 Å². The SMILES string of the molecule is Cc1cccc(N(CC(=O)NCCOc2ccc(S(=O)(=O)N3CCOCC3)cc2)S(=O)(=O)c2ccccc2)c1C. The molecule has 0 saturated carbocycles. The Hall–Kier alpha value is -3.45. The molecule has 0 atom stereocenters. The Morgan fingerprint density at radius 2 is 1.57 bits per heavy atom. The van der Waals surface area contributed by atoms with Crippen LogP contribution in [0.5, 0.6) is 5.75 Å². The van der Waals surface area contributed by atoms with Crippen molar-refractivity contribution in [1.82, 2.24) is 9.62 Å². The van der Waals surface area contributed by atoms with Gasteiger partial charge in [0.05, 0.1) is 35.2 Å². The predicted octanol–water partition coefficient (Wildman–Crippen LogP) is 2.71. The molecule has 0 spiro atoms. The van der Waals surface area contributed by atoms with Crippen LogP contribution >= 0.6 is 0 Å². The number of carbonyl (C=O) groups excluding carboxylic acids is 1. The number of hydrogen-bond acceptors (Lipinski definition) is 7. The topological polar surface area (TPSA) is 122 Å². The molecule has 0 unspecified atom stereocenters. The van der Waals surface area contributed by atoms with Gasteiger partial charge in [0.1, 0.15) is 18.9 Å². The van der Waals surface area contributed by atoms with E-state index >= 15 is 0 Å². The second kappa shape index (κ2) is 12.8. The van der Waals surface area contributed by atoms with Gasteiger partial charge in [0.25, 0.3) is 10.0 Å². The molecule has 12 heteroatoms. The highest BCUT2D eigenvalue weighted by Crippen LogP contribution is 2.28. The molecule has 0 bridgehead atoms. The summed E-state index contributed by atoms with van der Waals surface area (Å²) in [5.41, 5.74) is 2.10. The van der Waals surface area contributed by atoms with E-state index in [1.807, 2.05) is 19.9 Å². The van der Waals surface area contributed by atoms with Crippen molar-refractivity contribution >= 4 is 31.6 Å². The smallest absolute Gasteiger partial charge is 0.264 e. The Morgan fingerprint density at radius 1 is 0.900 bits per heavy atom. The molecule has 0 radical (unpaired) electrons. The first-order chi connectivity index (χ1) is 19.1. The normalized spacial score (nSPS) is 14.4. The summed E-state index contributed by atoms with van der Waals surface area (Å²) in [5, 5.41) is 2.70. The standard InChI is InChI=1S/C28H33N3O7S2/c1-22-7-6-10-27(23(22)2)31(40(35,36)25-8-4-3-5-9-25)21-28(32)29-15-18-38-24-11-13-26(14-12-24)39(33,34)30-16-19-37-20-17-30/h3-14H,15-21H2,1-2H3,(H,29,32). The summed E-state index contributed by atoms with van der Waals surface area (Å²) < 4.78 is 65.9. The van der Waals surface area contributed by atoms with Crippen LogP contribution in [0.15, 0.2) is 82.6 Å². The van der Waals surface area contributed by atoms with E-state index in [0.29, 0.717) is 37.7 Å². The molecule has 1 N–H and O–H groups in total. The van der Waals surface area contributed by atoms with Gasteiger partial charge in [0.15, 0.2) is 0 Å². The molecule has 10 nitrogen and oxygen atoms in total. The van der Waals surface area contributed by atoms with E-state index in [-0.39, 0.29) is 22.9 Å². The van der Waals surface area contributed by atoms with E-state index in [2.05, 4.69) is 5.32 Å². The van der Waals surface area contributed by atoms with E-state index in [0.717, 1.165) is 15.4 Å². The van der Waals surface area contributed by atoms with Crippen LogP contribution in [0.4, 0.5) is 5.69 Å². The van der Waals surface area contributed by atoms with Crippen molar-refractivity contribution < 1.29 is 31.1 Å². The number of rotatable bonds is 11. The first kappa shape index (κ1) is 29.5. The fourth-order valence-electron chi connectivity index (χ4n) is 4.21. The summed E-state index contributed by atoms with van der Waals surface area (Å²) in [4.78, 5) is 13.1. The number of aryl methyl sites for hydroxylation is 1. The molecule has 3 aromatic rings. The fraction of sp³-hybridized carbons (Fsp3) is 0.321. The van der Waals surface area contributed by atoms with Crippen molar-refractivity contribution in [3.63, 3.8) is 0 Å². The van der Waals surface area contributed by atoms with Crippen LogP contribution in [0.25, 0.3) is 0 Å². The number of hydrogen-bond donors (Lipinski definition) is 1. The fourth-order valence-corrected chi connectivity index (χ4v) is 7.12. The van der Waals surface area contributed by atoms with Crippen LogP contribution in [0.2, 0.25) is 0 Å². The van der Waals surface area contributed by atoms with E-state index in [4.69, 9.17) is 9.47 Å². The van der Waals surface area contributed by atoms with Crippen LogP contribution in [-0.4, -0.2) is 73.0 Å². The van der Waals surface area contributed by atoms with E-state index < -0.39 is 32.5 Å². The minimum Gasteiger partial charge on any atom is -0.492 e. The molecular weight excluding hydrogens is 554 g/mol. The molecule has 0 aliphatic carbocycles. The third-order valence-electron chi connectivity index (χ3n) is 6.59. The number of nitrogens with one attached hydrogen (secondary N) is 1. The van der Waals surface area contributed by atoms with Crippen molar-refractivity contribution in [2.45, 2.75) is 23.6 Å². The van der Waals surface area contributed by atoms with Gasteiger partial charge in [-0.2, -0.15) is 4.31 Å². The average Bonchev–Trinajstić information content (AvgIpc) is 2.97. The largest absolute Gasteiger partial charge is 0.492 e. The highest BCUT2D eigenvalue weighted by molar-refractivity contribution is 7.92. The van der Waals surface area contributed by atoms with E-state index in [1.54, 1.807) is 42.5 Å². The van der Waals surface area contributed by atoms with Gasteiger partial charge < -0.3 is 14.8 Å². The summed E-state index contributed by atoms with van der Waals surface area (Å²) in [7, 11) is -7.61. The Bertz CT molecular complexity index is 1520. The van der Waals surface area contributed by atoms with Crippen LogP contribution in [0.1, 0.15) is 11.1 Å². The van der Waals surface area contributed by atoms with Gasteiger partial charge in [-0.05, 0) is 67.4 Å². The van der Waals surface area contributed by atoms with Crippen LogP contribution in [-0.2, 0) is 29.6 Å². The predicted molar refractivity (Wildman–Crippen MR) is 151 cm³/mol. The third kappa shape index (κ3) is 6.81. The minimum atomic E-state index is -4.00. The van der Waals surface area contributed by atoms with E-state index in [1.165, 1.54) is 28.6 Å². The molecule has 214 valence electrons. The molecule has 3 aromatic carbocycles. The van der Waals surface area contributed by atoms with Crippen molar-refractivity contribution in [3.05, 3.63) is 83.9 Å². The van der Waals surface area contributed by atoms with Gasteiger partial charge in [-0.15, -0.1) is 0 Å². The molecule has 1 amide bonds. The number of benzene rings is 3. The highest BCUT2D eigenvalue weighted by atomic mass is 32.2. The second-order valence-corrected chi connectivity index (χ2v) is 13.0. The van der Waals surface area contributed by atoms with Crippen molar-refractivity contribution in [3.8, 4) is 5.75 Å². The second-order valence-electron chi connectivity index (χ2n) is 9.23. The van der Waals surface area contributed by atoms with Crippen LogP contribution in [0.3, 0.4) is 0 Å². The average molecular weight is 588 g/mol. The van der Waals surface area contributed by atoms with Gasteiger partial charge in [-0.25, -0.2) is 16.8 Å². The monoisotopic (exact) mass is 587 g/mol. The summed E-state index contributed by atoms with van der Waals surface area (Å²) in [6, 6.07) is 19.4. The summed E-state index contributed by atoms with van der Waals surface area (Å²) in [5.74, 6) is -0.0465. The van der Waals surface area contributed by atoms with E-state index in [9.17, 15) is 21.6 Å². The maximum absolute atomic E-state index is 13.5. The Kier molecular flexibility index (Phi) is 9.46. The molecule has 1 heterocycles. The maximum Gasteiger partial charge on any atom is 0.264 e. The minimum absolute atomic E-state index is 0.0890. The lowest BCUT2D eigenvalue weighted by molar-refractivity contribution is -0.119. The maximum atomic E-state index is 13.5. The Balaban J connectivity index is 1.37. The number of anilines is 1. The molecule has 1 fully saturated rings. The summed E-state index contributed by atoms with van der Waals surface area (Å²) in [6.07, 6.45) is 0. The zero-order valence-electron chi connectivity index (χ0n) is 22.4. The van der Waals surface area contributed by atoms with Gasteiger partial charge in [-0.3, -0.25) is 9.10 Å². The van der Waals surface area contributed by atoms with Crippen molar-refractivity contribution in [2.75, 3.05) is 50.3 Å². The lowest BCUT2D eigenvalue weighted by Gasteiger charge is -2.26. The third-order valence-corrected chi connectivity index (χ3v) is 10.3. The molecular formula is C28H33N3O7S2. The molecule has 1 saturated heterocycles. The van der Waals surface area contributed by atoms with Gasteiger partial charge >= 0.3 is 0 Å². The molecule has 1 aliphatic rings. The number of morpholine rings is 1. The highest BCUT2D eigenvalue weighted by Gasteiger charge is 2.29. The molecule has 0 aromatic heterocycles. The Labute approximate surface area is 235 Å². The molecule has 4 rings (SSSR count). The first-order valence-corrected chi connectivity index (χ1v) is 15.7. The number of carbonyl (C=O) groups is 1. The lowest BCUT2D eigenvalue weighted by atomic mass is 10.1. The van der Waals surface area contributed by atoms with Crippen molar-refractivity contribution in [1.29, 1.82) is 0 Å². The summed E-state index contributed by atoms with van der Waals surface area (Å²) >= 11 is 0. The summed E-state index contributed by atoms with van der Waals surface area (Å²) in [6.45, 7) is 4.89. The zero-order valence-corrected chi connectivity index (χ0v) is 24.1. The van der Waals surface area contributed by atoms with Gasteiger partial charge in [0.2, 0.25) is 15.9 Å². The number of sulfonamides is 2. The zero-order chi connectivity index (χ0) is 28.8. The number of nitrogens with zero attached hydrogens (tertiary/aromatic N) is 2. The first-order valence-electron chi connectivity index (χ1n) is 12.8. The molecule has 40 heavy (non-hydrogen) atoms. The number of ether oxygens (including phenoxy) is 2. The van der Waals surface area contributed by atoms with Gasteiger partial charge in [0, 0.05) is 13.1 Å². The Morgan fingerprint density at radius 3 is 2.25 bits per heavy atom. The van der Waals surface area contributed by atoms with Gasteiger partial charge in [-0.1, -0.05) is 30.3 Å².